The number of benzene rings is 2. The number of nitrogens with zero attached hydrogens (tertiary/aromatic N) is 3. The zero-order valence-electron chi connectivity index (χ0n) is 17.5. The highest BCUT2D eigenvalue weighted by molar-refractivity contribution is 5.81. The molecule has 0 saturated carbocycles. The van der Waals surface area contributed by atoms with Crippen LogP contribution in [-0.2, 0) is 17.9 Å². The fourth-order valence-electron chi connectivity index (χ4n) is 3.45. The van der Waals surface area contributed by atoms with Crippen molar-refractivity contribution < 1.29 is 9.53 Å². The van der Waals surface area contributed by atoms with E-state index in [-0.39, 0.29) is 19.0 Å². The zero-order chi connectivity index (χ0) is 22.5. The van der Waals surface area contributed by atoms with Crippen molar-refractivity contribution in [2.45, 2.75) is 20.0 Å². The van der Waals surface area contributed by atoms with Gasteiger partial charge in [0.1, 0.15) is 12.3 Å². The van der Waals surface area contributed by atoms with Crippen LogP contribution in [-0.4, -0.2) is 26.6 Å². The van der Waals surface area contributed by atoms with Crippen LogP contribution in [0, 0.1) is 0 Å². The largest absolute Gasteiger partial charge is 0.494 e. The molecule has 2 aromatic carbocycles. The molecule has 0 aliphatic rings. The highest BCUT2D eigenvalue weighted by Gasteiger charge is 2.16. The van der Waals surface area contributed by atoms with Crippen molar-refractivity contribution in [3.63, 3.8) is 0 Å². The average molecular weight is 430 g/mol. The van der Waals surface area contributed by atoms with Crippen LogP contribution in [0.1, 0.15) is 12.6 Å². The van der Waals surface area contributed by atoms with E-state index in [1.54, 1.807) is 66.9 Å². The normalized spacial score (nSPS) is 10.8. The van der Waals surface area contributed by atoms with E-state index in [2.05, 4.69) is 10.3 Å². The molecule has 0 spiro atoms. The fourth-order valence-corrected chi connectivity index (χ4v) is 3.45. The third-order valence-electron chi connectivity index (χ3n) is 4.95. The summed E-state index contributed by atoms with van der Waals surface area (Å²) in [7, 11) is 0. The Morgan fingerprint density at radius 3 is 2.47 bits per heavy atom. The SMILES string of the molecule is CCOc1ccc(-n2c(=O)c3ccccc3n(CC(=O)NCc3ccccn3)c2=O)cc1. The van der Waals surface area contributed by atoms with Gasteiger partial charge in [0.15, 0.2) is 0 Å². The van der Waals surface area contributed by atoms with Crippen molar-refractivity contribution in [2.24, 2.45) is 0 Å². The summed E-state index contributed by atoms with van der Waals surface area (Å²) in [4.78, 5) is 43.2. The Labute approximate surface area is 183 Å². The quantitative estimate of drug-likeness (QED) is 0.485. The van der Waals surface area contributed by atoms with Gasteiger partial charge in [0.25, 0.3) is 5.56 Å². The predicted octanol–water partition coefficient (Wildman–Crippen LogP) is 2.26. The number of nitrogens with one attached hydrogen (secondary N) is 1. The Balaban J connectivity index is 1.72. The summed E-state index contributed by atoms with van der Waals surface area (Å²) >= 11 is 0. The van der Waals surface area contributed by atoms with E-state index >= 15 is 0 Å². The summed E-state index contributed by atoms with van der Waals surface area (Å²) in [5.74, 6) is 0.277. The number of carbonyl (C=O) groups excluding carboxylic acids is 1. The molecule has 4 rings (SSSR count). The molecule has 4 aromatic rings. The van der Waals surface area contributed by atoms with E-state index in [9.17, 15) is 14.4 Å². The maximum absolute atomic E-state index is 13.3. The molecule has 2 aromatic heterocycles. The molecule has 0 unspecified atom stereocenters. The number of ether oxygens (including phenoxy) is 1. The first-order valence-corrected chi connectivity index (χ1v) is 10.2. The van der Waals surface area contributed by atoms with Crippen LogP contribution in [0.3, 0.4) is 0 Å². The van der Waals surface area contributed by atoms with E-state index < -0.39 is 11.2 Å². The molecule has 0 radical (unpaired) electrons. The van der Waals surface area contributed by atoms with Crippen LogP contribution >= 0.6 is 0 Å². The van der Waals surface area contributed by atoms with Crippen molar-refractivity contribution in [3.8, 4) is 11.4 Å². The molecular formula is C24H22N4O4. The Bertz CT molecular complexity index is 1360. The first-order chi connectivity index (χ1) is 15.6. The van der Waals surface area contributed by atoms with Gasteiger partial charge in [-0.25, -0.2) is 9.36 Å². The van der Waals surface area contributed by atoms with Gasteiger partial charge in [0, 0.05) is 6.20 Å². The highest BCUT2D eigenvalue weighted by atomic mass is 16.5. The second-order valence-corrected chi connectivity index (χ2v) is 7.05. The second-order valence-electron chi connectivity index (χ2n) is 7.05. The number of pyridine rings is 1. The molecule has 8 nitrogen and oxygen atoms in total. The molecule has 0 saturated heterocycles. The third-order valence-corrected chi connectivity index (χ3v) is 4.95. The second kappa shape index (κ2) is 9.30. The zero-order valence-corrected chi connectivity index (χ0v) is 17.5. The van der Waals surface area contributed by atoms with Crippen LogP contribution in [0.4, 0.5) is 0 Å². The summed E-state index contributed by atoms with van der Waals surface area (Å²) in [6.45, 7) is 2.39. The molecule has 162 valence electrons. The van der Waals surface area contributed by atoms with E-state index in [0.29, 0.717) is 34.6 Å². The number of amides is 1. The molecule has 0 aliphatic carbocycles. The van der Waals surface area contributed by atoms with Crippen molar-refractivity contribution in [3.05, 3.63) is 99.5 Å². The van der Waals surface area contributed by atoms with Crippen molar-refractivity contribution in [1.82, 2.24) is 19.4 Å². The Morgan fingerprint density at radius 1 is 1.00 bits per heavy atom. The molecular weight excluding hydrogens is 408 g/mol. The van der Waals surface area contributed by atoms with Crippen molar-refractivity contribution >= 4 is 16.8 Å². The Kier molecular flexibility index (Phi) is 6.12. The minimum atomic E-state index is -0.592. The van der Waals surface area contributed by atoms with Crippen LogP contribution in [0.15, 0.2) is 82.5 Å². The Morgan fingerprint density at radius 2 is 1.75 bits per heavy atom. The minimum Gasteiger partial charge on any atom is -0.494 e. The number of rotatable bonds is 7. The van der Waals surface area contributed by atoms with Gasteiger partial charge in [-0.15, -0.1) is 0 Å². The molecule has 0 fully saturated rings. The molecule has 2 heterocycles. The first kappa shape index (κ1) is 21.0. The lowest BCUT2D eigenvalue weighted by Gasteiger charge is -2.14. The lowest BCUT2D eigenvalue weighted by molar-refractivity contribution is -0.121. The monoisotopic (exact) mass is 430 g/mol. The van der Waals surface area contributed by atoms with Crippen LogP contribution in [0.2, 0.25) is 0 Å². The number of para-hydroxylation sites is 1. The summed E-state index contributed by atoms with van der Waals surface area (Å²) in [5, 5.41) is 3.12. The summed E-state index contributed by atoms with van der Waals surface area (Å²) < 4.78 is 7.82. The fraction of sp³-hybridized carbons (Fsp3) is 0.167. The van der Waals surface area contributed by atoms with Gasteiger partial charge in [0.05, 0.1) is 35.4 Å². The van der Waals surface area contributed by atoms with E-state index in [4.69, 9.17) is 4.74 Å². The lowest BCUT2D eigenvalue weighted by Crippen LogP contribution is -2.41. The Hall–Kier alpha value is -4.20. The number of hydrogen-bond donors (Lipinski definition) is 1. The number of fused-ring (bicyclic) bond motifs is 1. The number of hydrogen-bond acceptors (Lipinski definition) is 5. The molecule has 1 N–H and O–H groups in total. The van der Waals surface area contributed by atoms with Crippen LogP contribution < -0.4 is 21.3 Å². The van der Waals surface area contributed by atoms with Gasteiger partial charge in [-0.2, -0.15) is 0 Å². The summed E-state index contributed by atoms with van der Waals surface area (Å²) in [6, 6.07) is 18.9. The molecule has 0 aliphatic heterocycles. The summed E-state index contributed by atoms with van der Waals surface area (Å²) in [5.41, 5.74) is 0.470. The molecule has 0 bridgehead atoms. The van der Waals surface area contributed by atoms with E-state index in [0.717, 1.165) is 4.57 Å². The predicted molar refractivity (Wildman–Crippen MR) is 121 cm³/mol. The van der Waals surface area contributed by atoms with Gasteiger partial charge in [0.2, 0.25) is 5.91 Å². The van der Waals surface area contributed by atoms with Gasteiger partial charge >= 0.3 is 5.69 Å². The maximum Gasteiger partial charge on any atom is 0.336 e. The smallest absolute Gasteiger partial charge is 0.336 e. The molecule has 1 amide bonds. The van der Waals surface area contributed by atoms with Crippen molar-refractivity contribution in [2.75, 3.05) is 6.61 Å². The molecule has 32 heavy (non-hydrogen) atoms. The molecule has 0 atom stereocenters. The van der Waals surface area contributed by atoms with Gasteiger partial charge in [-0.1, -0.05) is 18.2 Å². The highest BCUT2D eigenvalue weighted by Crippen LogP contribution is 2.15. The third kappa shape index (κ3) is 4.29. The summed E-state index contributed by atoms with van der Waals surface area (Å²) in [6.07, 6.45) is 1.65. The lowest BCUT2D eigenvalue weighted by atomic mass is 10.2. The first-order valence-electron chi connectivity index (χ1n) is 10.2. The topological polar surface area (TPSA) is 95.2 Å². The van der Waals surface area contributed by atoms with Crippen LogP contribution in [0.5, 0.6) is 5.75 Å². The standard InChI is InChI=1S/C24H22N4O4/c1-2-32-19-12-10-18(11-13-19)28-23(30)20-8-3-4-9-21(20)27(24(28)31)16-22(29)26-15-17-7-5-6-14-25-17/h3-14H,2,15-16H2,1H3,(H,26,29). The van der Waals surface area contributed by atoms with Crippen molar-refractivity contribution in [1.29, 1.82) is 0 Å². The maximum atomic E-state index is 13.3. The van der Waals surface area contributed by atoms with E-state index in [1.807, 2.05) is 13.0 Å². The number of aromatic nitrogens is 3. The van der Waals surface area contributed by atoms with Gasteiger partial charge in [-0.3, -0.25) is 19.1 Å². The minimum absolute atomic E-state index is 0.233. The number of carbonyl (C=O) groups is 1. The molecule has 8 heteroatoms. The van der Waals surface area contributed by atoms with Crippen LogP contribution in [0.25, 0.3) is 16.6 Å². The van der Waals surface area contributed by atoms with E-state index in [1.165, 1.54) is 4.57 Å². The van der Waals surface area contributed by atoms with Gasteiger partial charge < -0.3 is 10.1 Å². The average Bonchev–Trinajstić information content (AvgIpc) is 2.82. The van der Waals surface area contributed by atoms with Gasteiger partial charge in [-0.05, 0) is 55.5 Å².